The average molecular weight is 229 g/mol. The second-order valence-corrected chi connectivity index (χ2v) is 4.86. The van der Waals surface area contributed by atoms with E-state index in [2.05, 4.69) is 0 Å². The van der Waals surface area contributed by atoms with E-state index >= 15 is 0 Å². The van der Waals surface area contributed by atoms with Crippen molar-refractivity contribution in [3.63, 3.8) is 0 Å². The number of hydrogen-bond acceptors (Lipinski definition) is 3. The first-order valence-electron chi connectivity index (χ1n) is 4.81. The second-order valence-electron chi connectivity index (χ2n) is 3.44. The zero-order valence-corrected chi connectivity index (χ0v) is 9.42. The molecule has 4 nitrogen and oxygen atoms in total. The van der Waals surface area contributed by atoms with Gasteiger partial charge in [0, 0.05) is 5.69 Å². The van der Waals surface area contributed by atoms with Crippen molar-refractivity contribution >= 4 is 15.8 Å². The predicted octanol–water partition coefficient (Wildman–Crippen LogP) is 1.86. The molecule has 0 aliphatic heterocycles. The van der Waals surface area contributed by atoms with Gasteiger partial charge >= 0.3 is 0 Å². The molecule has 0 radical (unpaired) electrons. The molecule has 1 aromatic rings. The van der Waals surface area contributed by atoms with Crippen LogP contribution in [0, 0.1) is 0 Å². The molecule has 0 heterocycles. The van der Waals surface area contributed by atoms with Gasteiger partial charge < -0.3 is 5.73 Å². The molecule has 0 spiro atoms. The van der Waals surface area contributed by atoms with Crippen molar-refractivity contribution in [1.29, 1.82) is 0 Å². The maximum Gasteiger partial charge on any atom is 0.294 e. The highest BCUT2D eigenvalue weighted by Gasteiger charge is 2.11. The van der Waals surface area contributed by atoms with Crippen molar-refractivity contribution < 1.29 is 13.0 Å². The summed E-state index contributed by atoms with van der Waals surface area (Å²) in [5.74, 6) is 0. The molecule has 1 aromatic carbocycles. The first-order valence-corrected chi connectivity index (χ1v) is 6.25. The molecular weight excluding hydrogens is 214 g/mol. The summed E-state index contributed by atoms with van der Waals surface area (Å²) in [6, 6.07) is 4.24. The molecule has 0 unspecified atom stereocenters. The first-order chi connectivity index (χ1) is 6.95. The summed E-state index contributed by atoms with van der Waals surface area (Å²) in [5.41, 5.74) is 7.03. The van der Waals surface area contributed by atoms with Crippen LogP contribution in [-0.2, 0) is 16.5 Å². The van der Waals surface area contributed by atoms with Crippen LogP contribution >= 0.6 is 0 Å². The predicted molar refractivity (Wildman–Crippen MR) is 59.3 cm³/mol. The van der Waals surface area contributed by atoms with E-state index in [9.17, 15) is 8.42 Å². The summed E-state index contributed by atoms with van der Waals surface area (Å²) < 4.78 is 30.6. The minimum atomic E-state index is -4.12. The second kappa shape index (κ2) is 4.63. The summed E-state index contributed by atoms with van der Waals surface area (Å²) in [6.07, 6.45) is 2.68. The van der Waals surface area contributed by atoms with E-state index in [0.717, 1.165) is 24.8 Å². The highest BCUT2D eigenvalue weighted by molar-refractivity contribution is 7.85. The van der Waals surface area contributed by atoms with Crippen LogP contribution in [0.4, 0.5) is 5.69 Å². The largest absolute Gasteiger partial charge is 0.399 e. The van der Waals surface area contributed by atoms with Gasteiger partial charge in [0.2, 0.25) is 0 Å². The lowest BCUT2D eigenvalue weighted by Crippen LogP contribution is -2.01. The van der Waals surface area contributed by atoms with Gasteiger partial charge in [-0.15, -0.1) is 0 Å². The Balaban J connectivity index is 3.06. The molecule has 15 heavy (non-hydrogen) atoms. The molecule has 0 aliphatic carbocycles. The lowest BCUT2D eigenvalue weighted by molar-refractivity contribution is 0.483. The van der Waals surface area contributed by atoms with Crippen LogP contribution in [0.2, 0.25) is 0 Å². The lowest BCUT2D eigenvalue weighted by atomic mass is 10.1. The van der Waals surface area contributed by atoms with Crippen molar-refractivity contribution in [2.75, 3.05) is 5.73 Å². The van der Waals surface area contributed by atoms with E-state index in [1.807, 2.05) is 6.92 Å². The molecule has 0 bridgehead atoms. The molecule has 84 valence electrons. The fourth-order valence-electron chi connectivity index (χ4n) is 1.33. The summed E-state index contributed by atoms with van der Waals surface area (Å²) in [4.78, 5) is -0.0946. The topological polar surface area (TPSA) is 80.4 Å². The zero-order chi connectivity index (χ0) is 11.5. The number of benzene rings is 1. The lowest BCUT2D eigenvalue weighted by Gasteiger charge is -2.06. The fourth-order valence-corrected chi connectivity index (χ4v) is 1.86. The van der Waals surface area contributed by atoms with E-state index in [4.69, 9.17) is 10.3 Å². The molecule has 5 heteroatoms. The van der Waals surface area contributed by atoms with Gasteiger partial charge in [0.1, 0.15) is 0 Å². The number of nitrogen functional groups attached to an aromatic ring is 1. The van der Waals surface area contributed by atoms with Gasteiger partial charge in [0.25, 0.3) is 10.1 Å². The molecule has 3 N–H and O–H groups in total. The Hall–Kier alpha value is -1.07. The standard InChI is InChI=1S/C10H15NO3S/c1-2-3-4-8-7-9(15(12,13)14)5-6-10(8)11/h5-7H,2-4,11H2,1H3,(H,12,13,14). The maximum atomic E-state index is 10.9. The van der Waals surface area contributed by atoms with Crippen LogP contribution in [-0.4, -0.2) is 13.0 Å². The Kier molecular flexibility index (Phi) is 3.71. The van der Waals surface area contributed by atoms with Crippen LogP contribution < -0.4 is 5.73 Å². The summed E-state index contributed by atoms with van der Waals surface area (Å²) in [7, 11) is -4.12. The Morgan fingerprint density at radius 1 is 1.40 bits per heavy atom. The number of rotatable bonds is 4. The number of nitrogens with two attached hydrogens (primary N) is 1. The van der Waals surface area contributed by atoms with Crippen molar-refractivity contribution in [2.24, 2.45) is 0 Å². The molecule has 0 fully saturated rings. The first kappa shape index (κ1) is 12.0. The summed E-state index contributed by atoms with van der Waals surface area (Å²) >= 11 is 0. The number of anilines is 1. The Labute approximate surface area is 89.9 Å². The number of unbranched alkanes of at least 4 members (excludes halogenated alkanes) is 1. The normalized spacial score (nSPS) is 11.6. The van der Waals surface area contributed by atoms with Crippen LogP contribution in [0.5, 0.6) is 0 Å². The highest BCUT2D eigenvalue weighted by atomic mass is 32.2. The minimum Gasteiger partial charge on any atom is -0.399 e. The number of aryl methyl sites for hydroxylation is 1. The average Bonchev–Trinajstić information content (AvgIpc) is 2.15. The van der Waals surface area contributed by atoms with Crippen LogP contribution in [0.1, 0.15) is 25.3 Å². The Morgan fingerprint density at radius 3 is 2.60 bits per heavy atom. The maximum absolute atomic E-state index is 10.9. The molecular formula is C10H15NO3S. The van der Waals surface area contributed by atoms with Crippen LogP contribution in [0.25, 0.3) is 0 Å². The van der Waals surface area contributed by atoms with E-state index < -0.39 is 10.1 Å². The SMILES string of the molecule is CCCCc1cc(S(=O)(=O)O)ccc1N. The third-order valence-corrected chi connectivity index (χ3v) is 3.06. The van der Waals surface area contributed by atoms with E-state index in [1.54, 1.807) is 0 Å². The van der Waals surface area contributed by atoms with Gasteiger partial charge in [-0.2, -0.15) is 8.42 Å². The van der Waals surface area contributed by atoms with Gasteiger partial charge in [-0.25, -0.2) is 0 Å². The van der Waals surface area contributed by atoms with Gasteiger partial charge in [-0.1, -0.05) is 13.3 Å². The van der Waals surface area contributed by atoms with Gasteiger partial charge in [0.15, 0.2) is 0 Å². The third kappa shape index (κ3) is 3.21. The van der Waals surface area contributed by atoms with Crippen molar-refractivity contribution in [3.05, 3.63) is 23.8 Å². The summed E-state index contributed by atoms with van der Waals surface area (Å²) in [6.45, 7) is 2.04. The van der Waals surface area contributed by atoms with Gasteiger partial charge in [-0.05, 0) is 36.6 Å². The Morgan fingerprint density at radius 2 is 2.07 bits per heavy atom. The quantitative estimate of drug-likeness (QED) is 0.610. The summed E-state index contributed by atoms with van der Waals surface area (Å²) in [5, 5.41) is 0. The van der Waals surface area contributed by atoms with Crippen LogP contribution in [0.15, 0.2) is 23.1 Å². The monoisotopic (exact) mass is 229 g/mol. The molecule has 0 amide bonds. The molecule has 1 rings (SSSR count). The fraction of sp³-hybridized carbons (Fsp3) is 0.400. The van der Waals surface area contributed by atoms with E-state index in [-0.39, 0.29) is 4.90 Å². The molecule has 0 atom stereocenters. The van der Waals surface area contributed by atoms with Gasteiger partial charge in [0.05, 0.1) is 4.90 Å². The van der Waals surface area contributed by atoms with E-state index in [1.165, 1.54) is 18.2 Å². The van der Waals surface area contributed by atoms with Crippen LogP contribution in [0.3, 0.4) is 0 Å². The smallest absolute Gasteiger partial charge is 0.294 e. The van der Waals surface area contributed by atoms with Crippen molar-refractivity contribution in [3.8, 4) is 0 Å². The minimum absolute atomic E-state index is 0.0946. The molecule has 0 aromatic heterocycles. The number of hydrogen-bond donors (Lipinski definition) is 2. The highest BCUT2D eigenvalue weighted by Crippen LogP contribution is 2.19. The molecule has 0 saturated carbocycles. The van der Waals surface area contributed by atoms with E-state index in [0.29, 0.717) is 5.69 Å². The zero-order valence-electron chi connectivity index (χ0n) is 8.60. The Bertz CT molecular complexity index is 440. The molecule has 0 aliphatic rings. The van der Waals surface area contributed by atoms with Gasteiger partial charge in [-0.3, -0.25) is 4.55 Å². The van der Waals surface area contributed by atoms with Crippen molar-refractivity contribution in [1.82, 2.24) is 0 Å². The third-order valence-electron chi connectivity index (χ3n) is 2.21. The molecule has 0 saturated heterocycles. The van der Waals surface area contributed by atoms with Crippen molar-refractivity contribution in [2.45, 2.75) is 31.1 Å².